The maximum atomic E-state index is 11.3. The molecule has 0 spiro atoms. The Bertz CT molecular complexity index is 164. The summed E-state index contributed by atoms with van der Waals surface area (Å²) in [6, 6.07) is -0.389. The molecule has 3 heteroatoms. The van der Waals surface area contributed by atoms with E-state index in [9.17, 15) is 4.79 Å². The summed E-state index contributed by atoms with van der Waals surface area (Å²) in [5, 5.41) is 0. The smallest absolute Gasteiger partial charge is 0.323 e. The van der Waals surface area contributed by atoms with E-state index in [0.717, 1.165) is 12.8 Å². The van der Waals surface area contributed by atoms with Gasteiger partial charge in [0.25, 0.3) is 0 Å². The molecule has 2 N–H and O–H groups in total. The van der Waals surface area contributed by atoms with Gasteiger partial charge in [-0.05, 0) is 25.7 Å². The van der Waals surface area contributed by atoms with E-state index in [0.29, 0.717) is 12.5 Å². The summed E-state index contributed by atoms with van der Waals surface area (Å²) in [4.78, 5) is 11.3. The zero-order chi connectivity index (χ0) is 9.68. The minimum Gasteiger partial charge on any atom is -0.465 e. The topological polar surface area (TPSA) is 52.3 Å². The third-order valence-corrected chi connectivity index (χ3v) is 2.72. The molecule has 0 aromatic carbocycles. The highest BCUT2D eigenvalue weighted by atomic mass is 16.5. The number of carbonyl (C=O) groups is 1. The molecule has 0 unspecified atom stereocenters. The molecule has 1 saturated carbocycles. The van der Waals surface area contributed by atoms with Crippen LogP contribution in [0.15, 0.2) is 0 Å². The molecule has 0 aromatic rings. The SMILES string of the molecule is CCOC(=O)[C@H](N)C1CCCCC1. The highest BCUT2D eigenvalue weighted by Crippen LogP contribution is 2.25. The lowest BCUT2D eigenvalue weighted by Crippen LogP contribution is -2.40. The lowest BCUT2D eigenvalue weighted by molar-refractivity contribution is -0.146. The van der Waals surface area contributed by atoms with E-state index in [1.807, 2.05) is 6.92 Å². The molecule has 1 fully saturated rings. The van der Waals surface area contributed by atoms with Crippen molar-refractivity contribution < 1.29 is 9.53 Å². The van der Waals surface area contributed by atoms with Crippen LogP contribution < -0.4 is 5.73 Å². The van der Waals surface area contributed by atoms with Crippen LogP contribution in [-0.4, -0.2) is 18.6 Å². The lowest BCUT2D eigenvalue weighted by Gasteiger charge is -2.25. The van der Waals surface area contributed by atoms with Crippen molar-refractivity contribution >= 4 is 5.97 Å². The van der Waals surface area contributed by atoms with Crippen LogP contribution in [0.5, 0.6) is 0 Å². The maximum Gasteiger partial charge on any atom is 0.323 e. The van der Waals surface area contributed by atoms with Crippen molar-refractivity contribution in [2.75, 3.05) is 6.61 Å². The van der Waals surface area contributed by atoms with E-state index < -0.39 is 0 Å². The molecule has 1 atom stereocenters. The van der Waals surface area contributed by atoms with Crippen LogP contribution in [0.3, 0.4) is 0 Å². The van der Waals surface area contributed by atoms with Crippen LogP contribution in [0.1, 0.15) is 39.0 Å². The highest BCUT2D eigenvalue weighted by molar-refractivity contribution is 5.75. The molecule has 0 bridgehead atoms. The summed E-state index contributed by atoms with van der Waals surface area (Å²) in [7, 11) is 0. The highest BCUT2D eigenvalue weighted by Gasteiger charge is 2.26. The van der Waals surface area contributed by atoms with Crippen LogP contribution in [0.25, 0.3) is 0 Å². The summed E-state index contributed by atoms with van der Waals surface area (Å²) in [5.74, 6) is 0.127. The van der Waals surface area contributed by atoms with Gasteiger partial charge in [-0.15, -0.1) is 0 Å². The fraction of sp³-hybridized carbons (Fsp3) is 0.900. The van der Waals surface area contributed by atoms with Crippen LogP contribution >= 0.6 is 0 Å². The van der Waals surface area contributed by atoms with Crippen molar-refractivity contribution in [3.8, 4) is 0 Å². The summed E-state index contributed by atoms with van der Waals surface area (Å²) in [6.45, 7) is 2.24. The Morgan fingerprint density at radius 1 is 1.46 bits per heavy atom. The molecular weight excluding hydrogens is 166 g/mol. The van der Waals surface area contributed by atoms with Gasteiger partial charge >= 0.3 is 5.97 Å². The maximum absolute atomic E-state index is 11.3. The van der Waals surface area contributed by atoms with Gasteiger partial charge in [0.2, 0.25) is 0 Å². The fourth-order valence-corrected chi connectivity index (χ4v) is 1.92. The van der Waals surface area contributed by atoms with Crippen molar-refractivity contribution in [2.24, 2.45) is 11.7 Å². The minimum absolute atomic E-state index is 0.227. The summed E-state index contributed by atoms with van der Waals surface area (Å²) in [5.41, 5.74) is 5.80. The van der Waals surface area contributed by atoms with Crippen molar-refractivity contribution in [1.82, 2.24) is 0 Å². The van der Waals surface area contributed by atoms with Crippen molar-refractivity contribution in [2.45, 2.75) is 45.1 Å². The molecule has 0 saturated heterocycles. The number of carbonyl (C=O) groups excluding carboxylic acids is 1. The molecule has 0 amide bonds. The molecule has 3 nitrogen and oxygen atoms in total. The third-order valence-electron chi connectivity index (χ3n) is 2.72. The number of hydrogen-bond donors (Lipinski definition) is 1. The van der Waals surface area contributed by atoms with Crippen molar-refractivity contribution in [1.29, 1.82) is 0 Å². The van der Waals surface area contributed by atoms with Gasteiger partial charge in [0.15, 0.2) is 0 Å². The number of ether oxygens (including phenoxy) is 1. The second kappa shape index (κ2) is 5.22. The van der Waals surface area contributed by atoms with E-state index in [-0.39, 0.29) is 12.0 Å². The van der Waals surface area contributed by atoms with E-state index in [1.54, 1.807) is 0 Å². The second-order valence-corrected chi connectivity index (χ2v) is 3.68. The molecule has 0 aromatic heterocycles. The number of nitrogens with two attached hydrogens (primary N) is 1. The molecule has 76 valence electrons. The Morgan fingerprint density at radius 2 is 2.08 bits per heavy atom. The van der Waals surface area contributed by atoms with Gasteiger partial charge in [-0.3, -0.25) is 4.79 Å². The van der Waals surface area contributed by atoms with E-state index in [1.165, 1.54) is 19.3 Å². The van der Waals surface area contributed by atoms with Crippen LogP contribution in [-0.2, 0) is 9.53 Å². The monoisotopic (exact) mass is 185 g/mol. The zero-order valence-corrected chi connectivity index (χ0v) is 8.29. The van der Waals surface area contributed by atoms with Crippen LogP contribution in [0, 0.1) is 5.92 Å². The summed E-state index contributed by atoms with van der Waals surface area (Å²) < 4.78 is 4.89. The molecule has 0 radical (unpaired) electrons. The van der Waals surface area contributed by atoms with Gasteiger partial charge in [0, 0.05) is 0 Å². The molecule has 1 aliphatic carbocycles. The minimum atomic E-state index is -0.389. The van der Waals surface area contributed by atoms with Gasteiger partial charge in [-0.25, -0.2) is 0 Å². The van der Waals surface area contributed by atoms with Crippen LogP contribution in [0.2, 0.25) is 0 Å². The Hall–Kier alpha value is -0.570. The van der Waals surface area contributed by atoms with Crippen LogP contribution in [0.4, 0.5) is 0 Å². The first-order valence-electron chi connectivity index (χ1n) is 5.18. The lowest BCUT2D eigenvalue weighted by atomic mass is 9.84. The predicted molar refractivity (Wildman–Crippen MR) is 51.2 cm³/mol. The van der Waals surface area contributed by atoms with Gasteiger partial charge in [0.05, 0.1) is 6.61 Å². The Labute approximate surface area is 79.6 Å². The zero-order valence-electron chi connectivity index (χ0n) is 8.29. The van der Waals surface area contributed by atoms with E-state index in [4.69, 9.17) is 10.5 Å². The molecule has 0 heterocycles. The fourth-order valence-electron chi connectivity index (χ4n) is 1.92. The number of esters is 1. The normalized spacial score (nSPS) is 21.1. The van der Waals surface area contributed by atoms with E-state index in [2.05, 4.69) is 0 Å². The quantitative estimate of drug-likeness (QED) is 0.677. The third kappa shape index (κ3) is 2.99. The molecule has 1 aliphatic rings. The summed E-state index contributed by atoms with van der Waals surface area (Å²) >= 11 is 0. The molecule has 1 rings (SSSR count). The average molecular weight is 185 g/mol. The van der Waals surface area contributed by atoms with Crippen molar-refractivity contribution in [3.05, 3.63) is 0 Å². The standard InChI is InChI=1S/C10H19NO2/c1-2-13-10(12)9(11)8-6-4-3-5-7-8/h8-9H,2-7,11H2,1H3/t9-/m1/s1. The van der Waals surface area contributed by atoms with Gasteiger partial charge in [0.1, 0.15) is 6.04 Å². The first kappa shape index (κ1) is 10.5. The largest absolute Gasteiger partial charge is 0.465 e. The van der Waals surface area contributed by atoms with Gasteiger partial charge in [-0.1, -0.05) is 19.3 Å². The second-order valence-electron chi connectivity index (χ2n) is 3.68. The molecule has 0 aliphatic heterocycles. The van der Waals surface area contributed by atoms with E-state index >= 15 is 0 Å². The Kier molecular flexibility index (Phi) is 4.22. The Morgan fingerprint density at radius 3 is 2.62 bits per heavy atom. The molecular formula is C10H19NO2. The Balaban J connectivity index is 2.35. The molecule has 13 heavy (non-hydrogen) atoms. The van der Waals surface area contributed by atoms with Gasteiger partial charge in [-0.2, -0.15) is 0 Å². The average Bonchev–Trinajstić information content (AvgIpc) is 2.18. The number of rotatable bonds is 3. The predicted octanol–water partition coefficient (Wildman–Crippen LogP) is 1.46. The first-order chi connectivity index (χ1) is 6.25. The first-order valence-corrected chi connectivity index (χ1v) is 5.18. The van der Waals surface area contributed by atoms with Crippen molar-refractivity contribution in [3.63, 3.8) is 0 Å². The van der Waals surface area contributed by atoms with Gasteiger partial charge < -0.3 is 10.5 Å². The number of hydrogen-bond acceptors (Lipinski definition) is 3. The summed E-state index contributed by atoms with van der Waals surface area (Å²) in [6.07, 6.45) is 5.86.